The van der Waals surface area contributed by atoms with Gasteiger partial charge in [-0.15, -0.1) is 0 Å². The van der Waals surface area contributed by atoms with Gasteiger partial charge in [0, 0.05) is 37.3 Å². The fourth-order valence-corrected chi connectivity index (χ4v) is 3.83. The Balaban J connectivity index is 1.42. The fraction of sp³-hybridized carbons (Fsp3) is 1.00. The summed E-state index contributed by atoms with van der Waals surface area (Å²) >= 11 is 0. The van der Waals surface area contributed by atoms with Crippen LogP contribution in [0.2, 0.25) is 0 Å². The molecule has 3 fully saturated rings. The Labute approximate surface area is 118 Å². The highest BCUT2D eigenvalue weighted by Crippen LogP contribution is 2.30. The molecule has 0 aromatic heterocycles. The lowest BCUT2D eigenvalue weighted by molar-refractivity contribution is 0.228. The number of hydrogen-bond acceptors (Lipinski definition) is 3. The highest BCUT2D eigenvalue weighted by atomic mass is 15.2. The van der Waals surface area contributed by atoms with Crippen LogP contribution in [0.25, 0.3) is 0 Å². The smallest absolute Gasteiger partial charge is 0.0209 e. The zero-order chi connectivity index (χ0) is 13.2. The molecular weight excluding hydrogens is 234 g/mol. The van der Waals surface area contributed by atoms with Crippen LogP contribution < -0.4 is 5.32 Å². The van der Waals surface area contributed by atoms with Crippen LogP contribution in [0.15, 0.2) is 0 Å². The van der Waals surface area contributed by atoms with Crippen LogP contribution in [0.1, 0.15) is 52.4 Å². The molecule has 3 aliphatic rings. The maximum absolute atomic E-state index is 3.96. The van der Waals surface area contributed by atoms with Crippen LogP contribution in [0, 0.1) is 0 Å². The lowest BCUT2D eigenvalue weighted by Crippen LogP contribution is -2.41. The quantitative estimate of drug-likeness (QED) is 0.839. The van der Waals surface area contributed by atoms with Crippen molar-refractivity contribution in [1.29, 1.82) is 0 Å². The number of nitrogens with one attached hydrogen (secondary N) is 1. The van der Waals surface area contributed by atoms with Crippen molar-refractivity contribution < 1.29 is 0 Å². The van der Waals surface area contributed by atoms with Crippen molar-refractivity contribution in [3.63, 3.8) is 0 Å². The van der Waals surface area contributed by atoms with Crippen LogP contribution in [0.4, 0.5) is 0 Å². The van der Waals surface area contributed by atoms with E-state index in [1.54, 1.807) is 0 Å². The highest BCUT2D eigenvalue weighted by molar-refractivity contribution is 4.93. The van der Waals surface area contributed by atoms with Crippen molar-refractivity contribution in [3.05, 3.63) is 0 Å². The summed E-state index contributed by atoms with van der Waals surface area (Å²) in [6, 6.07) is 3.22. The van der Waals surface area contributed by atoms with Crippen molar-refractivity contribution >= 4 is 0 Å². The standard InChI is InChI=1S/C16H31N3/c1-13(2)18-9-3-4-14(7-10-18)17-15-8-11-19(12-15)16-5-6-16/h13-17H,3-12H2,1-2H3. The van der Waals surface area contributed by atoms with Gasteiger partial charge in [0.05, 0.1) is 0 Å². The molecule has 2 saturated heterocycles. The number of rotatable bonds is 4. The average molecular weight is 265 g/mol. The number of hydrogen-bond donors (Lipinski definition) is 1. The normalized spacial score (nSPS) is 34.9. The molecule has 2 atom stereocenters. The highest BCUT2D eigenvalue weighted by Gasteiger charge is 2.35. The van der Waals surface area contributed by atoms with Gasteiger partial charge >= 0.3 is 0 Å². The van der Waals surface area contributed by atoms with Gasteiger partial charge in [-0.3, -0.25) is 4.90 Å². The Morgan fingerprint density at radius 1 is 0.895 bits per heavy atom. The molecule has 0 amide bonds. The van der Waals surface area contributed by atoms with Gasteiger partial charge in [0.15, 0.2) is 0 Å². The SMILES string of the molecule is CC(C)N1CCCC(NC2CCN(C3CC3)C2)CC1. The first-order valence-electron chi connectivity index (χ1n) is 8.46. The Kier molecular flexibility index (Phi) is 4.45. The van der Waals surface area contributed by atoms with Crippen molar-refractivity contribution in [2.24, 2.45) is 0 Å². The fourth-order valence-electron chi connectivity index (χ4n) is 3.83. The minimum absolute atomic E-state index is 0.718. The van der Waals surface area contributed by atoms with E-state index in [1.807, 2.05) is 0 Å². The molecular formula is C16H31N3. The zero-order valence-corrected chi connectivity index (χ0v) is 12.8. The van der Waals surface area contributed by atoms with Gasteiger partial charge in [0.2, 0.25) is 0 Å². The van der Waals surface area contributed by atoms with Gasteiger partial charge < -0.3 is 10.2 Å². The van der Waals surface area contributed by atoms with Crippen molar-refractivity contribution in [1.82, 2.24) is 15.1 Å². The Morgan fingerprint density at radius 2 is 1.68 bits per heavy atom. The molecule has 3 rings (SSSR count). The predicted octanol–water partition coefficient (Wildman–Crippen LogP) is 2.08. The Bertz CT molecular complexity index is 288. The third-order valence-corrected chi connectivity index (χ3v) is 5.25. The molecule has 1 N–H and O–H groups in total. The van der Waals surface area contributed by atoms with E-state index in [9.17, 15) is 0 Å². The van der Waals surface area contributed by atoms with Gasteiger partial charge in [-0.1, -0.05) is 0 Å². The van der Waals surface area contributed by atoms with E-state index in [1.165, 1.54) is 64.7 Å². The van der Waals surface area contributed by atoms with E-state index in [0.717, 1.165) is 24.2 Å². The molecule has 0 spiro atoms. The largest absolute Gasteiger partial charge is 0.310 e. The number of likely N-dealkylation sites (tertiary alicyclic amines) is 2. The summed E-state index contributed by atoms with van der Waals surface area (Å²) in [6.45, 7) is 9.90. The molecule has 0 bridgehead atoms. The number of nitrogens with zero attached hydrogens (tertiary/aromatic N) is 2. The van der Waals surface area contributed by atoms with Crippen molar-refractivity contribution in [2.75, 3.05) is 26.2 Å². The molecule has 3 heteroatoms. The van der Waals surface area contributed by atoms with E-state index in [0.29, 0.717) is 0 Å². The van der Waals surface area contributed by atoms with Crippen LogP contribution >= 0.6 is 0 Å². The molecule has 3 nitrogen and oxygen atoms in total. The van der Waals surface area contributed by atoms with Gasteiger partial charge in [-0.05, 0) is 65.5 Å². The molecule has 2 aliphatic heterocycles. The first-order chi connectivity index (χ1) is 9.22. The third kappa shape index (κ3) is 3.71. The Morgan fingerprint density at radius 3 is 2.42 bits per heavy atom. The monoisotopic (exact) mass is 265 g/mol. The third-order valence-electron chi connectivity index (χ3n) is 5.25. The summed E-state index contributed by atoms with van der Waals surface area (Å²) in [5.41, 5.74) is 0. The summed E-state index contributed by atoms with van der Waals surface area (Å²) in [6.07, 6.45) is 8.38. The molecule has 0 aromatic rings. The maximum Gasteiger partial charge on any atom is 0.0209 e. The Hall–Kier alpha value is -0.120. The summed E-state index contributed by atoms with van der Waals surface area (Å²) in [4.78, 5) is 5.36. The van der Waals surface area contributed by atoms with E-state index < -0.39 is 0 Å². The minimum atomic E-state index is 0.718. The molecule has 19 heavy (non-hydrogen) atoms. The maximum atomic E-state index is 3.96. The predicted molar refractivity (Wildman–Crippen MR) is 80.5 cm³/mol. The first kappa shape index (κ1) is 13.8. The van der Waals surface area contributed by atoms with Gasteiger partial charge in [-0.25, -0.2) is 0 Å². The van der Waals surface area contributed by atoms with Crippen LogP contribution in [0.3, 0.4) is 0 Å². The van der Waals surface area contributed by atoms with E-state index in [-0.39, 0.29) is 0 Å². The molecule has 2 unspecified atom stereocenters. The topological polar surface area (TPSA) is 18.5 Å². The summed E-state index contributed by atoms with van der Waals surface area (Å²) in [7, 11) is 0. The summed E-state index contributed by atoms with van der Waals surface area (Å²) < 4.78 is 0. The van der Waals surface area contributed by atoms with Crippen LogP contribution in [-0.2, 0) is 0 Å². The lowest BCUT2D eigenvalue weighted by Gasteiger charge is -2.25. The zero-order valence-electron chi connectivity index (χ0n) is 12.8. The van der Waals surface area contributed by atoms with E-state index in [2.05, 4.69) is 29.0 Å². The van der Waals surface area contributed by atoms with Gasteiger partial charge in [-0.2, -0.15) is 0 Å². The van der Waals surface area contributed by atoms with Crippen LogP contribution in [0.5, 0.6) is 0 Å². The lowest BCUT2D eigenvalue weighted by atomic mass is 10.1. The second-order valence-corrected chi connectivity index (χ2v) is 7.14. The molecule has 1 aliphatic carbocycles. The van der Waals surface area contributed by atoms with Gasteiger partial charge in [0.1, 0.15) is 0 Å². The molecule has 0 radical (unpaired) electrons. The average Bonchev–Trinajstić information content (AvgIpc) is 3.16. The van der Waals surface area contributed by atoms with Crippen LogP contribution in [-0.4, -0.2) is 60.1 Å². The second-order valence-electron chi connectivity index (χ2n) is 7.14. The summed E-state index contributed by atoms with van der Waals surface area (Å²) in [5, 5.41) is 3.96. The molecule has 110 valence electrons. The molecule has 1 saturated carbocycles. The minimum Gasteiger partial charge on any atom is -0.310 e. The summed E-state index contributed by atoms with van der Waals surface area (Å²) in [5.74, 6) is 0. The second kappa shape index (κ2) is 6.11. The van der Waals surface area contributed by atoms with Gasteiger partial charge in [0.25, 0.3) is 0 Å². The van der Waals surface area contributed by atoms with E-state index >= 15 is 0 Å². The molecule has 2 heterocycles. The molecule has 0 aromatic carbocycles. The first-order valence-corrected chi connectivity index (χ1v) is 8.46. The van der Waals surface area contributed by atoms with Crippen molar-refractivity contribution in [3.8, 4) is 0 Å². The van der Waals surface area contributed by atoms with E-state index in [4.69, 9.17) is 0 Å². The van der Waals surface area contributed by atoms with Crippen molar-refractivity contribution in [2.45, 2.75) is 76.5 Å².